The molecule has 0 saturated carbocycles. The van der Waals surface area contributed by atoms with Crippen LogP contribution in [0.25, 0.3) is 0 Å². The van der Waals surface area contributed by atoms with Crippen LogP contribution in [0.3, 0.4) is 0 Å². The maximum atomic E-state index is 2.60. The van der Waals surface area contributed by atoms with Gasteiger partial charge in [0.2, 0.25) is 0 Å². The lowest BCUT2D eigenvalue weighted by atomic mass is 9.97. The summed E-state index contributed by atoms with van der Waals surface area (Å²) in [7, 11) is 2.33. The van der Waals surface area contributed by atoms with Crippen molar-refractivity contribution in [1.29, 1.82) is 0 Å². The Hall–Kier alpha value is -0.0400. The summed E-state index contributed by atoms with van der Waals surface area (Å²) in [6.45, 7) is 3.64. The Morgan fingerprint density at radius 2 is 1.13 bits per heavy atom. The highest BCUT2D eigenvalue weighted by molar-refractivity contribution is 4.73. The van der Waals surface area contributed by atoms with E-state index in [0.717, 1.165) is 6.04 Å². The predicted octanol–water partition coefficient (Wildman–Crippen LogP) is 7.34. The summed E-state index contributed by atoms with van der Waals surface area (Å²) in [5, 5.41) is 0. The first-order valence-electron chi connectivity index (χ1n) is 11.0. The van der Waals surface area contributed by atoms with Crippen LogP contribution in [0.1, 0.15) is 122 Å². The highest BCUT2D eigenvalue weighted by Gasteiger charge is 2.17. The number of piperidine rings is 1. The predicted molar refractivity (Wildman–Crippen MR) is 105 cm³/mol. The van der Waals surface area contributed by atoms with Crippen molar-refractivity contribution in [3.05, 3.63) is 0 Å². The molecule has 0 aromatic rings. The molecule has 0 radical (unpaired) electrons. The molecule has 1 heterocycles. The number of nitrogens with zero attached hydrogens (tertiary/aromatic N) is 1. The number of hydrogen-bond acceptors (Lipinski definition) is 1. The maximum Gasteiger partial charge on any atom is 0.00922 e. The van der Waals surface area contributed by atoms with E-state index in [4.69, 9.17) is 0 Å². The molecule has 1 nitrogen and oxygen atoms in total. The second kappa shape index (κ2) is 15.5. The number of likely N-dealkylation sites (tertiary alicyclic amines) is 1. The summed E-state index contributed by atoms with van der Waals surface area (Å²) in [4.78, 5) is 2.60. The van der Waals surface area contributed by atoms with E-state index in [9.17, 15) is 0 Å². The standard InChI is InChI=1S/C22H45N/c1-3-4-5-6-7-8-9-10-11-12-13-14-15-16-19-22-20-17-18-21-23(22)2/h22H,3-21H2,1-2H3. The fraction of sp³-hybridized carbons (Fsp3) is 1.00. The molecule has 0 N–H and O–H groups in total. The Kier molecular flexibility index (Phi) is 14.1. The van der Waals surface area contributed by atoms with Crippen molar-refractivity contribution in [3.63, 3.8) is 0 Å². The fourth-order valence-corrected chi connectivity index (χ4v) is 4.08. The van der Waals surface area contributed by atoms with Crippen molar-refractivity contribution in [2.45, 2.75) is 129 Å². The lowest BCUT2D eigenvalue weighted by Gasteiger charge is -2.32. The monoisotopic (exact) mass is 323 g/mol. The molecular formula is C22H45N. The number of unbranched alkanes of at least 4 members (excludes halogenated alkanes) is 13. The Labute approximate surface area is 147 Å². The minimum absolute atomic E-state index is 0.904. The van der Waals surface area contributed by atoms with Crippen molar-refractivity contribution < 1.29 is 0 Å². The average Bonchev–Trinajstić information content (AvgIpc) is 2.57. The minimum atomic E-state index is 0.904. The quantitative estimate of drug-likeness (QED) is 0.285. The van der Waals surface area contributed by atoms with Crippen LogP contribution >= 0.6 is 0 Å². The van der Waals surface area contributed by atoms with Gasteiger partial charge in [0, 0.05) is 6.04 Å². The van der Waals surface area contributed by atoms with Crippen LogP contribution < -0.4 is 0 Å². The average molecular weight is 324 g/mol. The van der Waals surface area contributed by atoms with Gasteiger partial charge in [-0.1, -0.05) is 103 Å². The second-order valence-corrected chi connectivity index (χ2v) is 8.02. The Balaban J connectivity index is 1.73. The maximum absolute atomic E-state index is 2.60. The van der Waals surface area contributed by atoms with E-state index in [1.165, 1.54) is 122 Å². The third-order valence-electron chi connectivity index (χ3n) is 5.81. The van der Waals surface area contributed by atoms with Crippen molar-refractivity contribution >= 4 is 0 Å². The van der Waals surface area contributed by atoms with E-state index in [2.05, 4.69) is 18.9 Å². The van der Waals surface area contributed by atoms with Gasteiger partial charge in [0.15, 0.2) is 0 Å². The van der Waals surface area contributed by atoms with Gasteiger partial charge in [0.05, 0.1) is 0 Å². The molecule has 0 aromatic heterocycles. The largest absolute Gasteiger partial charge is 0.303 e. The van der Waals surface area contributed by atoms with Crippen molar-refractivity contribution in [2.24, 2.45) is 0 Å². The zero-order valence-corrected chi connectivity index (χ0v) is 16.5. The van der Waals surface area contributed by atoms with Crippen molar-refractivity contribution in [3.8, 4) is 0 Å². The van der Waals surface area contributed by atoms with E-state index in [-0.39, 0.29) is 0 Å². The third kappa shape index (κ3) is 12.0. The summed E-state index contributed by atoms with van der Waals surface area (Å²) in [5.41, 5.74) is 0. The molecule has 23 heavy (non-hydrogen) atoms. The topological polar surface area (TPSA) is 3.24 Å². The van der Waals surface area contributed by atoms with Crippen LogP contribution in [0.15, 0.2) is 0 Å². The fourth-order valence-electron chi connectivity index (χ4n) is 4.08. The molecular weight excluding hydrogens is 278 g/mol. The SMILES string of the molecule is CCCCCCCCCCCCCCCCC1CCCCN1C. The molecule has 1 atom stereocenters. The number of hydrogen-bond donors (Lipinski definition) is 0. The first-order valence-corrected chi connectivity index (χ1v) is 11.0. The minimum Gasteiger partial charge on any atom is -0.303 e. The van der Waals surface area contributed by atoms with Crippen LogP contribution in [0.2, 0.25) is 0 Å². The van der Waals surface area contributed by atoms with Crippen LogP contribution in [0.5, 0.6) is 0 Å². The van der Waals surface area contributed by atoms with E-state index in [1.54, 1.807) is 0 Å². The Morgan fingerprint density at radius 3 is 1.61 bits per heavy atom. The molecule has 1 fully saturated rings. The van der Waals surface area contributed by atoms with Gasteiger partial charge >= 0.3 is 0 Å². The van der Waals surface area contributed by atoms with Gasteiger partial charge in [-0.3, -0.25) is 0 Å². The van der Waals surface area contributed by atoms with Crippen molar-refractivity contribution in [1.82, 2.24) is 4.90 Å². The second-order valence-electron chi connectivity index (χ2n) is 8.02. The molecule has 0 bridgehead atoms. The molecule has 0 aromatic carbocycles. The first-order chi connectivity index (χ1) is 11.3. The third-order valence-corrected chi connectivity index (χ3v) is 5.81. The molecule has 0 amide bonds. The molecule has 138 valence electrons. The zero-order chi connectivity index (χ0) is 16.6. The van der Waals surface area contributed by atoms with Crippen LogP contribution in [-0.4, -0.2) is 24.5 Å². The molecule has 1 rings (SSSR count). The summed E-state index contributed by atoms with van der Waals surface area (Å²) in [6.07, 6.45) is 26.4. The van der Waals surface area contributed by atoms with Gasteiger partial charge in [0.25, 0.3) is 0 Å². The summed E-state index contributed by atoms with van der Waals surface area (Å²) in [6, 6.07) is 0.904. The van der Waals surface area contributed by atoms with E-state index in [0.29, 0.717) is 0 Å². The Bertz CT molecular complexity index is 238. The molecule has 1 aliphatic rings. The smallest absolute Gasteiger partial charge is 0.00922 e. The first kappa shape index (κ1) is 21.0. The molecule has 0 aliphatic carbocycles. The normalized spacial score (nSPS) is 19.3. The van der Waals surface area contributed by atoms with E-state index in [1.807, 2.05) is 0 Å². The summed E-state index contributed by atoms with van der Waals surface area (Å²) < 4.78 is 0. The van der Waals surface area contributed by atoms with Crippen LogP contribution in [0.4, 0.5) is 0 Å². The van der Waals surface area contributed by atoms with Gasteiger partial charge < -0.3 is 4.90 Å². The van der Waals surface area contributed by atoms with Crippen molar-refractivity contribution in [2.75, 3.05) is 13.6 Å². The zero-order valence-electron chi connectivity index (χ0n) is 16.5. The van der Waals surface area contributed by atoms with Gasteiger partial charge in [-0.15, -0.1) is 0 Å². The van der Waals surface area contributed by atoms with Gasteiger partial charge in [-0.2, -0.15) is 0 Å². The van der Waals surface area contributed by atoms with Crippen LogP contribution in [-0.2, 0) is 0 Å². The molecule has 1 heteroatoms. The van der Waals surface area contributed by atoms with Gasteiger partial charge in [-0.05, 0) is 32.9 Å². The van der Waals surface area contributed by atoms with Gasteiger partial charge in [-0.25, -0.2) is 0 Å². The highest BCUT2D eigenvalue weighted by atomic mass is 15.1. The number of rotatable bonds is 15. The Morgan fingerprint density at radius 1 is 0.652 bits per heavy atom. The summed E-state index contributed by atoms with van der Waals surface area (Å²) >= 11 is 0. The van der Waals surface area contributed by atoms with Gasteiger partial charge in [0.1, 0.15) is 0 Å². The van der Waals surface area contributed by atoms with E-state index >= 15 is 0 Å². The van der Waals surface area contributed by atoms with Crippen LogP contribution in [0, 0.1) is 0 Å². The molecule has 1 unspecified atom stereocenters. The lowest BCUT2D eigenvalue weighted by molar-refractivity contribution is 0.173. The molecule has 1 saturated heterocycles. The lowest BCUT2D eigenvalue weighted by Crippen LogP contribution is -2.35. The summed E-state index contributed by atoms with van der Waals surface area (Å²) in [5.74, 6) is 0. The molecule has 0 spiro atoms. The van der Waals surface area contributed by atoms with E-state index < -0.39 is 0 Å². The highest BCUT2D eigenvalue weighted by Crippen LogP contribution is 2.20. The molecule has 1 aliphatic heterocycles.